The molecule has 0 N–H and O–H groups in total. The number of aryl methyl sites for hydroxylation is 1. The van der Waals surface area contributed by atoms with Gasteiger partial charge in [-0.05, 0) is 168 Å². The van der Waals surface area contributed by atoms with Gasteiger partial charge in [0, 0.05) is 115 Å². The number of allylic oxidation sites excluding steroid dienone is 10. The zero-order valence-corrected chi connectivity index (χ0v) is 60.8. The van der Waals surface area contributed by atoms with Crippen LogP contribution in [0.25, 0.3) is 93.5 Å². The molecule has 498 valence electrons. The number of benzene rings is 6. The fourth-order valence-corrected chi connectivity index (χ4v) is 20.1. The molecule has 9 heteroatoms. The summed E-state index contributed by atoms with van der Waals surface area (Å²) in [5, 5.41) is 8.14. The fourth-order valence-electron chi connectivity index (χ4n) is 18.5. The lowest BCUT2D eigenvalue weighted by atomic mass is 9.97. The first kappa shape index (κ1) is 64.4. The van der Waals surface area contributed by atoms with Gasteiger partial charge in [0.1, 0.15) is 17.2 Å². The van der Waals surface area contributed by atoms with Gasteiger partial charge in [-0.25, -0.2) is 0 Å². The molecule has 5 aromatic heterocycles. The summed E-state index contributed by atoms with van der Waals surface area (Å²) in [6.07, 6.45) is 19.4. The van der Waals surface area contributed by atoms with Gasteiger partial charge in [0.2, 0.25) is 56.1 Å². The third-order valence-electron chi connectivity index (χ3n) is 23.0. The molecule has 10 heterocycles. The highest BCUT2D eigenvalue weighted by atomic mass is 28.3. The van der Waals surface area contributed by atoms with Gasteiger partial charge in [-0.1, -0.05) is 106 Å². The second-order valence-electron chi connectivity index (χ2n) is 29.5. The van der Waals surface area contributed by atoms with Crippen LogP contribution in [0.1, 0.15) is 144 Å². The van der Waals surface area contributed by atoms with Crippen LogP contribution in [0.4, 0.5) is 0 Å². The van der Waals surface area contributed by atoms with Crippen molar-refractivity contribution in [3.63, 3.8) is 0 Å². The van der Waals surface area contributed by atoms with Crippen molar-refractivity contribution >= 4 is 95.6 Å². The minimum absolute atomic E-state index is 0.932. The average Bonchev–Trinajstić information content (AvgIpc) is 1.61. The smallest absolute Gasteiger partial charge is 0.217 e. The van der Waals surface area contributed by atoms with Crippen LogP contribution in [0, 0.1) is 6.92 Å². The Morgan fingerprint density at radius 3 is 1.33 bits per heavy atom. The van der Waals surface area contributed by atoms with E-state index in [1.807, 2.05) is 19.9 Å². The maximum Gasteiger partial charge on any atom is 0.217 e. The number of hydrogen-bond acceptors (Lipinski definition) is 3. The molecule has 11 aromatic rings. The lowest BCUT2D eigenvalue weighted by Crippen LogP contribution is -2.41. The molecule has 0 bridgehead atoms. The molecule has 0 radical (unpaired) electrons. The Kier molecular flexibility index (Phi) is 17.4. The Balaban J connectivity index is 0.0000000962. The molecule has 0 fully saturated rings. The predicted octanol–water partition coefficient (Wildman–Crippen LogP) is 19.0. The molecule has 5 aliphatic heterocycles. The summed E-state index contributed by atoms with van der Waals surface area (Å²) in [7, 11) is 3.94. The SMILES string of the molecule is CC.COc1cc2[n+](c3ccccc13)CC1=C2CCC1.COc1ccc2c(ccc3[n+]2CC2=C3CCC2)c1.COc1cccc2c1ccc1[n+]2CC2=C1CCC2.C[Si](C)(C)c1cccc2c1ccc1[n+]2CC2=C1CCC2.Cc1ccc(-c2ccccc2)c2ccc3[n+](c12)CC1=C3CCC1. The van der Waals surface area contributed by atoms with Crippen molar-refractivity contribution in [2.45, 2.75) is 169 Å². The van der Waals surface area contributed by atoms with Crippen LogP contribution in [0.5, 0.6) is 17.2 Å². The molecule has 0 unspecified atom stereocenters. The minimum atomic E-state index is -1.29. The van der Waals surface area contributed by atoms with Gasteiger partial charge >= 0.3 is 0 Å². The Bertz CT molecular complexity index is 5280. The van der Waals surface area contributed by atoms with Crippen molar-refractivity contribution in [1.29, 1.82) is 0 Å². The molecular formula is C90H96N5O3Si+5. The van der Waals surface area contributed by atoms with E-state index in [2.05, 4.69) is 219 Å². The van der Waals surface area contributed by atoms with E-state index in [0.29, 0.717) is 0 Å². The van der Waals surface area contributed by atoms with Crippen LogP contribution in [-0.2, 0) is 32.7 Å². The largest absolute Gasteiger partial charge is 0.497 e. The standard InChI is InChI=1S/C22H20N.C18H22NSi.3C16H16NO.C2H6/c1-15-10-11-18(16-6-3-2-4-7-16)20-12-13-21-19-9-5-8-17(19)14-23(21)22(15)20;1-20(2,3)18-9-5-8-16-15(18)10-11-17-14-7-4-6-13(14)12-19(16)17;1-18-16-7-3-6-14-13(16)8-9-15-12-5-2-4-11(12)10-17(14)15;1-18-16-9-15-12-7-4-5-11(12)10-17(15)14-8-3-2-6-13(14)16;1-18-13-6-8-15-11(9-13)5-7-16-14-4-2-3-12(14)10-17(15)16;1-2/h2-4,6-7,10-13H,5,8-9,14H2,1H3;5,8-11H,4,6-7,12H2,1-3H3;3,6-9H,2,4-5,10H2,1H3;2-3,6,8-9H,4-5,7,10H2,1H3;5-9H,2-4,10H2,1H3;1-2H3/q5*+1;. The average molecular weight is 1320 g/mol. The molecule has 6 aromatic carbocycles. The van der Waals surface area contributed by atoms with Crippen LogP contribution in [0.2, 0.25) is 19.6 Å². The highest BCUT2D eigenvalue weighted by Gasteiger charge is 2.39. The summed E-state index contributed by atoms with van der Waals surface area (Å²) in [5.74, 6) is 2.90. The van der Waals surface area contributed by atoms with Gasteiger partial charge in [0.25, 0.3) is 0 Å². The van der Waals surface area contributed by atoms with E-state index in [4.69, 9.17) is 14.2 Å². The summed E-state index contributed by atoms with van der Waals surface area (Å²) in [6.45, 7) is 19.1. The molecule has 99 heavy (non-hydrogen) atoms. The first-order valence-corrected chi connectivity index (χ1v) is 40.6. The Morgan fingerprint density at radius 2 is 0.778 bits per heavy atom. The number of fused-ring (bicyclic) bond motifs is 20. The van der Waals surface area contributed by atoms with E-state index >= 15 is 0 Å². The summed E-state index contributed by atoms with van der Waals surface area (Å²) < 4.78 is 28.8. The minimum Gasteiger partial charge on any atom is -0.497 e. The molecule has 0 saturated heterocycles. The van der Waals surface area contributed by atoms with Crippen molar-refractivity contribution in [3.8, 4) is 28.4 Å². The van der Waals surface area contributed by atoms with Gasteiger partial charge in [0.05, 0.1) is 57.0 Å². The quantitative estimate of drug-likeness (QED) is 0.127. The monoisotopic (exact) mass is 1320 g/mol. The van der Waals surface area contributed by atoms with Crippen LogP contribution in [0.15, 0.2) is 204 Å². The summed E-state index contributed by atoms with van der Waals surface area (Å²) >= 11 is 0. The topological polar surface area (TPSA) is 47.1 Å². The zero-order valence-electron chi connectivity index (χ0n) is 59.8. The van der Waals surface area contributed by atoms with E-state index in [-0.39, 0.29) is 0 Å². The third-order valence-corrected chi connectivity index (χ3v) is 25.1. The van der Waals surface area contributed by atoms with Crippen molar-refractivity contribution in [2.24, 2.45) is 0 Å². The summed E-state index contributed by atoms with van der Waals surface area (Å²) in [5.41, 5.74) is 34.3. The lowest BCUT2D eigenvalue weighted by Gasteiger charge is -2.18. The molecule has 0 atom stereocenters. The Morgan fingerprint density at radius 1 is 0.333 bits per heavy atom. The summed E-state index contributed by atoms with van der Waals surface area (Å²) in [4.78, 5) is 0. The Hall–Kier alpha value is -9.31. The molecule has 0 amide bonds. The number of ether oxygens (including phenoxy) is 3. The van der Waals surface area contributed by atoms with Crippen molar-refractivity contribution in [3.05, 3.63) is 238 Å². The van der Waals surface area contributed by atoms with E-state index in [1.54, 1.807) is 82.2 Å². The number of para-hydroxylation sites is 1. The fraction of sp³-hybridized carbons (Fsp3) is 0.322. The maximum atomic E-state index is 5.57. The van der Waals surface area contributed by atoms with Crippen LogP contribution < -0.4 is 42.2 Å². The van der Waals surface area contributed by atoms with E-state index < -0.39 is 8.07 Å². The van der Waals surface area contributed by atoms with Gasteiger partial charge in [-0.2, -0.15) is 22.8 Å². The molecule has 8 nitrogen and oxygen atoms in total. The van der Waals surface area contributed by atoms with Gasteiger partial charge in [-0.3, -0.25) is 0 Å². The highest BCUT2D eigenvalue weighted by molar-refractivity contribution is 6.90. The molecule has 0 saturated carbocycles. The normalized spacial score (nSPS) is 16.7. The van der Waals surface area contributed by atoms with E-state index in [0.717, 1.165) is 50.0 Å². The molecular weight excluding hydrogens is 1230 g/mol. The summed E-state index contributed by atoms with van der Waals surface area (Å²) in [6, 6.07) is 64.0. The van der Waals surface area contributed by atoms with E-state index in [1.165, 1.54) is 196 Å². The number of methoxy groups -OCH3 is 3. The maximum absolute atomic E-state index is 5.57. The number of pyridine rings is 5. The van der Waals surface area contributed by atoms with E-state index in [9.17, 15) is 0 Å². The van der Waals surface area contributed by atoms with Gasteiger partial charge in [0.15, 0.2) is 32.7 Å². The van der Waals surface area contributed by atoms with Crippen molar-refractivity contribution in [2.75, 3.05) is 21.3 Å². The Labute approximate surface area is 586 Å². The third kappa shape index (κ3) is 11.4. The molecule has 10 aliphatic rings. The van der Waals surface area contributed by atoms with Crippen molar-refractivity contribution in [1.82, 2.24) is 0 Å². The second kappa shape index (κ2) is 26.7. The highest BCUT2D eigenvalue weighted by Crippen LogP contribution is 2.44. The second-order valence-corrected chi connectivity index (χ2v) is 34.5. The molecule has 21 rings (SSSR count). The lowest BCUT2D eigenvalue weighted by molar-refractivity contribution is -0.661. The number of hydrogen-bond donors (Lipinski definition) is 0. The number of aromatic nitrogens is 5. The first-order chi connectivity index (χ1) is 48.5. The molecule has 5 aliphatic carbocycles. The van der Waals surface area contributed by atoms with Gasteiger partial charge in [-0.15, -0.1) is 0 Å². The van der Waals surface area contributed by atoms with Crippen LogP contribution in [-0.4, -0.2) is 29.4 Å². The predicted molar refractivity (Wildman–Crippen MR) is 409 cm³/mol. The van der Waals surface area contributed by atoms with Gasteiger partial charge < -0.3 is 14.2 Å². The van der Waals surface area contributed by atoms with Crippen LogP contribution in [0.3, 0.4) is 0 Å². The zero-order chi connectivity index (χ0) is 67.6. The van der Waals surface area contributed by atoms with Crippen LogP contribution >= 0.6 is 0 Å². The first-order valence-electron chi connectivity index (χ1n) is 37.1. The van der Waals surface area contributed by atoms with Crippen molar-refractivity contribution < 1.29 is 37.0 Å². The molecule has 0 spiro atoms. The number of rotatable bonds is 5. The number of nitrogens with zero attached hydrogens (tertiary/aromatic N) is 5.